The Hall–Kier alpha value is -2.71. The second-order valence-corrected chi connectivity index (χ2v) is 10.5. The first-order chi connectivity index (χ1) is 16.3. The number of nitrogens with zero attached hydrogens (tertiary/aromatic N) is 1. The van der Waals surface area contributed by atoms with Gasteiger partial charge in [0.1, 0.15) is 0 Å². The number of aliphatic hydroxyl groups is 1. The molecule has 3 aromatic carbocycles. The maximum Gasteiger partial charge on any atom is 0.251 e. The summed E-state index contributed by atoms with van der Waals surface area (Å²) in [7, 11) is -3.70. The van der Waals surface area contributed by atoms with Gasteiger partial charge in [0.05, 0.1) is 11.5 Å². The van der Waals surface area contributed by atoms with Crippen molar-refractivity contribution < 1.29 is 18.3 Å². The smallest absolute Gasteiger partial charge is 0.251 e. The first-order valence-corrected chi connectivity index (χ1v) is 12.9. The zero-order valence-corrected chi connectivity index (χ0v) is 20.6. The molecule has 1 atom stereocenters. The third-order valence-electron chi connectivity index (χ3n) is 5.39. The zero-order chi connectivity index (χ0) is 24.6. The number of hydrogen-bond donors (Lipinski definition) is 2. The summed E-state index contributed by atoms with van der Waals surface area (Å²) in [6.07, 6.45) is 1.37. The molecule has 3 rings (SSSR count). The van der Waals surface area contributed by atoms with E-state index in [4.69, 9.17) is 16.7 Å². The van der Waals surface area contributed by atoms with E-state index in [0.29, 0.717) is 23.6 Å². The molecule has 0 heterocycles. The molecule has 0 spiro atoms. The summed E-state index contributed by atoms with van der Waals surface area (Å²) in [6, 6.07) is 22.4. The van der Waals surface area contributed by atoms with Gasteiger partial charge in [-0.1, -0.05) is 54.1 Å². The molecule has 0 aliphatic heterocycles. The second-order valence-electron chi connectivity index (χ2n) is 8.14. The molecule has 0 fully saturated rings. The topological polar surface area (TPSA) is 86.7 Å². The highest BCUT2D eigenvalue weighted by Gasteiger charge is 2.24. The van der Waals surface area contributed by atoms with Crippen molar-refractivity contribution in [3.63, 3.8) is 0 Å². The van der Waals surface area contributed by atoms with Crippen LogP contribution in [-0.4, -0.2) is 42.9 Å². The summed E-state index contributed by atoms with van der Waals surface area (Å²) in [6.45, 7) is 2.09. The van der Waals surface area contributed by atoms with Crippen LogP contribution in [0.1, 0.15) is 34.8 Å². The van der Waals surface area contributed by atoms with E-state index in [1.807, 2.05) is 24.3 Å². The lowest BCUT2D eigenvalue weighted by Crippen LogP contribution is -2.35. The Balaban J connectivity index is 1.75. The number of sulfonamides is 1. The number of rotatable bonds is 11. The highest BCUT2D eigenvalue weighted by atomic mass is 35.5. The minimum Gasteiger partial charge on any atom is -0.394 e. The summed E-state index contributed by atoms with van der Waals surface area (Å²) in [5, 5.41) is 12.5. The summed E-state index contributed by atoms with van der Waals surface area (Å²) in [5.41, 5.74) is 2.32. The van der Waals surface area contributed by atoms with E-state index in [2.05, 4.69) is 5.32 Å². The van der Waals surface area contributed by atoms with Crippen LogP contribution < -0.4 is 5.32 Å². The molecule has 1 amide bonds. The van der Waals surface area contributed by atoms with Gasteiger partial charge in [-0.3, -0.25) is 4.79 Å². The molecule has 0 aromatic heterocycles. The van der Waals surface area contributed by atoms with Gasteiger partial charge in [-0.25, -0.2) is 8.42 Å². The van der Waals surface area contributed by atoms with Gasteiger partial charge in [0.25, 0.3) is 5.91 Å². The van der Waals surface area contributed by atoms with E-state index in [0.717, 1.165) is 17.5 Å². The van der Waals surface area contributed by atoms with E-state index in [-0.39, 0.29) is 30.0 Å². The predicted octanol–water partition coefficient (Wildman–Crippen LogP) is 4.27. The molecule has 180 valence electrons. The highest BCUT2D eigenvalue weighted by Crippen LogP contribution is 2.20. The van der Waals surface area contributed by atoms with Crippen molar-refractivity contribution in [1.29, 1.82) is 0 Å². The lowest BCUT2D eigenvalue weighted by Gasteiger charge is -2.23. The fourth-order valence-electron chi connectivity index (χ4n) is 3.45. The van der Waals surface area contributed by atoms with Crippen LogP contribution >= 0.6 is 11.6 Å². The van der Waals surface area contributed by atoms with Crippen molar-refractivity contribution in [2.24, 2.45) is 0 Å². The minimum atomic E-state index is -3.70. The normalized spacial score (nSPS) is 12.5. The molecule has 0 aliphatic carbocycles. The second kappa shape index (κ2) is 12.1. The van der Waals surface area contributed by atoms with Crippen LogP contribution in [-0.2, 0) is 23.0 Å². The van der Waals surface area contributed by atoms with E-state index in [1.54, 1.807) is 61.5 Å². The number of carbonyl (C=O) groups is 1. The third-order valence-corrected chi connectivity index (χ3v) is 7.50. The number of benzene rings is 3. The summed E-state index contributed by atoms with van der Waals surface area (Å²) in [5.74, 6) is -0.287. The van der Waals surface area contributed by atoms with Gasteiger partial charge >= 0.3 is 0 Å². The van der Waals surface area contributed by atoms with E-state index in [9.17, 15) is 13.2 Å². The average molecular weight is 501 g/mol. The Labute approximate surface area is 206 Å². The van der Waals surface area contributed by atoms with Crippen LogP contribution in [0.3, 0.4) is 0 Å². The summed E-state index contributed by atoms with van der Waals surface area (Å²) in [4.78, 5) is 12.5. The van der Waals surface area contributed by atoms with Crippen molar-refractivity contribution in [1.82, 2.24) is 9.62 Å². The summed E-state index contributed by atoms with van der Waals surface area (Å²) < 4.78 is 28.2. The molecule has 8 heteroatoms. The van der Waals surface area contributed by atoms with Gasteiger partial charge in [-0.05, 0) is 67.3 Å². The Kier molecular flexibility index (Phi) is 9.24. The summed E-state index contributed by atoms with van der Waals surface area (Å²) >= 11 is 5.95. The number of hydrogen-bond acceptors (Lipinski definition) is 4. The molecular weight excluding hydrogens is 472 g/mol. The number of aliphatic hydroxyl groups excluding tert-OH is 1. The lowest BCUT2D eigenvalue weighted by atomic mass is 10.1. The third kappa shape index (κ3) is 7.14. The molecule has 2 N–H and O–H groups in total. The van der Waals surface area contributed by atoms with Crippen molar-refractivity contribution in [3.05, 3.63) is 101 Å². The zero-order valence-electron chi connectivity index (χ0n) is 19.0. The predicted molar refractivity (Wildman–Crippen MR) is 134 cm³/mol. The first kappa shape index (κ1) is 25.9. The minimum absolute atomic E-state index is 0.147. The largest absolute Gasteiger partial charge is 0.394 e. The van der Waals surface area contributed by atoms with Gasteiger partial charge in [0.2, 0.25) is 10.0 Å². The average Bonchev–Trinajstić information content (AvgIpc) is 2.85. The first-order valence-electron chi connectivity index (χ1n) is 11.1. The lowest BCUT2D eigenvalue weighted by molar-refractivity contribution is 0.0922. The Morgan fingerprint density at radius 3 is 2.21 bits per heavy atom. The van der Waals surface area contributed by atoms with E-state index >= 15 is 0 Å². The maximum atomic E-state index is 13.4. The van der Waals surface area contributed by atoms with Gasteiger partial charge < -0.3 is 10.4 Å². The molecule has 0 bridgehead atoms. The van der Waals surface area contributed by atoms with Crippen LogP contribution in [0, 0.1) is 0 Å². The molecular formula is C26H29ClN2O4S. The van der Waals surface area contributed by atoms with Crippen molar-refractivity contribution in [3.8, 4) is 0 Å². The van der Waals surface area contributed by atoms with E-state index < -0.39 is 10.0 Å². The van der Waals surface area contributed by atoms with Gasteiger partial charge in [-0.15, -0.1) is 0 Å². The SMILES string of the molecule is C[C@H](CO)NC(=O)c1ccc(CN(CCCc2ccc(Cl)cc2)S(=O)(=O)c2ccccc2)cc1. The number of aryl methyl sites for hydroxylation is 1. The number of nitrogens with one attached hydrogen (secondary N) is 1. The van der Waals surface area contributed by atoms with Crippen LogP contribution in [0.5, 0.6) is 0 Å². The van der Waals surface area contributed by atoms with Gasteiger partial charge in [0.15, 0.2) is 0 Å². The molecule has 3 aromatic rings. The fourth-order valence-corrected chi connectivity index (χ4v) is 5.07. The molecule has 6 nitrogen and oxygen atoms in total. The molecule has 0 aliphatic rings. The van der Waals surface area contributed by atoms with Crippen molar-refractivity contribution >= 4 is 27.5 Å². The van der Waals surface area contributed by atoms with Crippen molar-refractivity contribution in [2.75, 3.05) is 13.2 Å². The molecule has 34 heavy (non-hydrogen) atoms. The number of carbonyl (C=O) groups excluding carboxylic acids is 1. The van der Waals surface area contributed by atoms with Crippen LogP contribution in [0.15, 0.2) is 83.8 Å². The Bertz CT molecular complexity index is 1170. The number of halogens is 1. The van der Waals surface area contributed by atoms with Crippen LogP contribution in [0.4, 0.5) is 0 Å². The Morgan fingerprint density at radius 1 is 0.971 bits per heavy atom. The van der Waals surface area contributed by atoms with Gasteiger partial charge in [0, 0.05) is 29.7 Å². The Morgan fingerprint density at radius 2 is 1.59 bits per heavy atom. The number of amides is 1. The fraction of sp³-hybridized carbons (Fsp3) is 0.269. The molecule has 0 radical (unpaired) electrons. The maximum absolute atomic E-state index is 13.4. The standard InChI is InChI=1S/C26H29ClN2O4S/c1-20(19-30)28-26(31)23-13-9-22(10-14-23)18-29(34(32,33)25-7-3-2-4-8-25)17-5-6-21-11-15-24(27)16-12-21/h2-4,7-16,20,30H,5-6,17-19H2,1H3,(H,28,31)/t20-/m1/s1. The molecule has 0 saturated carbocycles. The van der Waals surface area contributed by atoms with Crippen molar-refractivity contribution in [2.45, 2.75) is 37.2 Å². The monoisotopic (exact) mass is 500 g/mol. The molecule has 0 saturated heterocycles. The highest BCUT2D eigenvalue weighted by molar-refractivity contribution is 7.89. The van der Waals surface area contributed by atoms with Gasteiger partial charge in [-0.2, -0.15) is 4.31 Å². The van der Waals surface area contributed by atoms with E-state index in [1.165, 1.54) is 4.31 Å². The molecule has 0 unspecified atom stereocenters. The quantitative estimate of drug-likeness (QED) is 0.411. The van der Waals surface area contributed by atoms with Crippen LogP contribution in [0.2, 0.25) is 5.02 Å². The van der Waals surface area contributed by atoms with Crippen LogP contribution in [0.25, 0.3) is 0 Å².